The van der Waals surface area contributed by atoms with Crippen molar-refractivity contribution in [2.75, 3.05) is 12.3 Å². The second kappa shape index (κ2) is 10.3. The maximum atomic E-state index is 15.2. The Hall–Kier alpha value is -4.40. The molecule has 3 aromatic rings. The summed E-state index contributed by atoms with van der Waals surface area (Å²) < 4.78 is 61.3. The van der Waals surface area contributed by atoms with Gasteiger partial charge in [0.15, 0.2) is 18.1 Å². The van der Waals surface area contributed by atoms with Crippen LogP contribution in [-0.4, -0.2) is 66.4 Å². The first-order valence-corrected chi connectivity index (χ1v) is 12.1. The van der Waals surface area contributed by atoms with Gasteiger partial charge in [0.2, 0.25) is 11.7 Å². The number of nitrogens with zero attached hydrogens (tertiary/aromatic N) is 6. The van der Waals surface area contributed by atoms with Crippen molar-refractivity contribution >= 4 is 40.7 Å². The average Bonchev–Trinajstić information content (AvgIpc) is 3.59. The molecule has 2 aliphatic heterocycles. The summed E-state index contributed by atoms with van der Waals surface area (Å²) in [5.74, 6) is -3.91. The summed E-state index contributed by atoms with van der Waals surface area (Å²) in [6, 6.07) is 3.11. The van der Waals surface area contributed by atoms with E-state index >= 15 is 4.39 Å². The van der Waals surface area contributed by atoms with Crippen LogP contribution in [0.5, 0.6) is 0 Å². The molecule has 40 heavy (non-hydrogen) atoms. The third-order valence-corrected chi connectivity index (χ3v) is 6.90. The number of carbonyl (C=O) groups is 3. The van der Waals surface area contributed by atoms with Crippen LogP contribution >= 0.6 is 11.6 Å². The first-order chi connectivity index (χ1) is 19.0. The molecule has 2 aromatic heterocycles. The summed E-state index contributed by atoms with van der Waals surface area (Å²) in [6.45, 7) is -0.999. The summed E-state index contributed by atoms with van der Waals surface area (Å²) in [5.41, 5.74) is 3.61. The van der Waals surface area contributed by atoms with Crippen LogP contribution in [0.15, 0.2) is 36.7 Å². The molecule has 2 atom stereocenters. The predicted octanol–water partition coefficient (Wildman–Crippen LogP) is 3.02. The Balaban J connectivity index is 1.34. The molecule has 5 rings (SSSR count). The molecule has 0 aliphatic carbocycles. The molecule has 2 N–H and O–H groups in total. The van der Waals surface area contributed by atoms with Gasteiger partial charge in [-0.2, -0.15) is 17.9 Å². The Morgan fingerprint density at radius 1 is 1.18 bits per heavy atom. The summed E-state index contributed by atoms with van der Waals surface area (Å²) in [5, 5.41) is 10.7. The van der Waals surface area contributed by atoms with Gasteiger partial charge in [-0.1, -0.05) is 11.6 Å². The van der Waals surface area contributed by atoms with Gasteiger partial charge in [-0.05, 0) is 59.5 Å². The van der Waals surface area contributed by atoms with Crippen LogP contribution in [0.1, 0.15) is 40.9 Å². The van der Waals surface area contributed by atoms with Gasteiger partial charge in [-0.15, -0.1) is 5.10 Å². The first-order valence-electron chi connectivity index (χ1n) is 11.7. The number of pyridine rings is 1. The molecule has 0 spiro atoms. The first kappa shape index (κ1) is 27.2. The van der Waals surface area contributed by atoms with E-state index in [2.05, 4.69) is 20.5 Å². The van der Waals surface area contributed by atoms with E-state index in [4.69, 9.17) is 22.1 Å². The molecule has 2 unspecified atom stereocenters. The second-order valence-electron chi connectivity index (χ2n) is 9.04. The van der Waals surface area contributed by atoms with Crippen molar-refractivity contribution in [2.45, 2.75) is 37.5 Å². The lowest BCUT2D eigenvalue weighted by molar-refractivity contribution is -0.152. The van der Waals surface area contributed by atoms with E-state index in [-0.39, 0.29) is 29.1 Å². The molecule has 0 radical (unpaired) electrons. The van der Waals surface area contributed by atoms with E-state index in [9.17, 15) is 27.6 Å². The Morgan fingerprint density at radius 3 is 2.65 bits per heavy atom. The molecule has 1 aromatic carbocycles. The fraction of sp³-hybridized carbons (Fsp3) is 0.292. The lowest BCUT2D eigenvalue weighted by Gasteiger charge is -2.33. The molecule has 2 aliphatic rings. The zero-order valence-electron chi connectivity index (χ0n) is 20.2. The Bertz CT molecular complexity index is 1540. The number of fused-ring (bicyclic) bond motifs is 1. The quantitative estimate of drug-likeness (QED) is 0.264. The molecule has 1 amide bonds. The minimum Gasteiger partial charge on any atom is -0.456 e. The molecule has 0 saturated carbocycles. The van der Waals surface area contributed by atoms with Crippen molar-refractivity contribution in [3.63, 3.8) is 0 Å². The van der Waals surface area contributed by atoms with Crippen molar-refractivity contribution in [1.29, 1.82) is 0 Å². The number of aromatic nitrogens is 5. The normalized spacial score (nSPS) is 18.9. The fourth-order valence-corrected chi connectivity index (χ4v) is 5.05. The standard InChI is InChI=1S/C24H18ClF4N7O4/c25-14-3-5-15(35-10-31-33-34-35)20(21(14)26)11-7-12-1-4-16(36(12)19(38)8-11)23(39)40-9-17(37)13-2-6-18(30)32-22(13)24(27,28)29/h2-3,5-6,8,10,12,16H,1,4,7,9H2,(H2,30,32). The van der Waals surface area contributed by atoms with Crippen LogP contribution in [0, 0.1) is 5.82 Å². The van der Waals surface area contributed by atoms with Gasteiger partial charge >= 0.3 is 12.1 Å². The smallest absolute Gasteiger partial charge is 0.434 e. The number of carbonyl (C=O) groups excluding carboxylic acids is 3. The number of alkyl halides is 3. The van der Waals surface area contributed by atoms with Crippen LogP contribution in [0.4, 0.5) is 23.4 Å². The molecule has 4 heterocycles. The van der Waals surface area contributed by atoms with E-state index in [1.807, 2.05) is 0 Å². The number of hydrogen-bond donors (Lipinski definition) is 1. The highest BCUT2D eigenvalue weighted by Gasteiger charge is 2.44. The third kappa shape index (κ3) is 4.99. The summed E-state index contributed by atoms with van der Waals surface area (Å²) in [4.78, 5) is 42.9. The molecule has 1 saturated heterocycles. The molecule has 11 nitrogen and oxygen atoms in total. The van der Waals surface area contributed by atoms with Gasteiger partial charge in [-0.25, -0.2) is 14.2 Å². The van der Waals surface area contributed by atoms with E-state index in [1.165, 1.54) is 34.1 Å². The summed E-state index contributed by atoms with van der Waals surface area (Å²) >= 11 is 6.01. The molecule has 16 heteroatoms. The highest BCUT2D eigenvalue weighted by atomic mass is 35.5. The van der Waals surface area contributed by atoms with Crippen molar-refractivity contribution in [3.8, 4) is 5.69 Å². The third-order valence-electron chi connectivity index (χ3n) is 6.60. The summed E-state index contributed by atoms with van der Waals surface area (Å²) in [6.07, 6.45) is -1.86. The van der Waals surface area contributed by atoms with Crippen LogP contribution < -0.4 is 5.73 Å². The SMILES string of the molecule is Nc1ccc(C(=O)COC(=O)C2CCC3CC(c4c(-n5cnnn5)ccc(Cl)c4F)=CC(=O)N32)c(C(F)(F)F)n1. The number of benzene rings is 1. The van der Waals surface area contributed by atoms with Crippen LogP contribution in [0.25, 0.3) is 11.3 Å². The van der Waals surface area contributed by atoms with E-state index in [0.29, 0.717) is 12.0 Å². The lowest BCUT2D eigenvalue weighted by Crippen LogP contribution is -2.47. The minimum absolute atomic E-state index is 0.0296. The number of Topliss-reactive ketones (excluding diaryl/α,β-unsaturated/α-hetero) is 1. The van der Waals surface area contributed by atoms with Crippen LogP contribution in [-0.2, 0) is 20.5 Å². The number of anilines is 1. The number of rotatable bonds is 6. The van der Waals surface area contributed by atoms with Crippen molar-refractivity contribution in [2.24, 2.45) is 0 Å². The minimum atomic E-state index is -4.96. The number of halogens is 5. The van der Waals surface area contributed by atoms with Crippen molar-refractivity contribution in [3.05, 3.63) is 64.3 Å². The number of hydrogen-bond acceptors (Lipinski definition) is 9. The maximum absolute atomic E-state index is 15.2. The lowest BCUT2D eigenvalue weighted by atomic mass is 9.92. The van der Waals surface area contributed by atoms with Gasteiger partial charge < -0.3 is 15.4 Å². The Morgan fingerprint density at radius 2 is 1.95 bits per heavy atom. The van der Waals surface area contributed by atoms with Gasteiger partial charge in [-0.3, -0.25) is 9.59 Å². The number of esters is 1. The highest BCUT2D eigenvalue weighted by molar-refractivity contribution is 6.31. The maximum Gasteiger partial charge on any atom is 0.434 e. The van der Waals surface area contributed by atoms with E-state index < -0.39 is 65.4 Å². The van der Waals surface area contributed by atoms with E-state index in [1.54, 1.807) is 0 Å². The topological polar surface area (TPSA) is 146 Å². The number of ether oxygens (including phenoxy) is 1. The largest absolute Gasteiger partial charge is 0.456 e. The predicted molar refractivity (Wildman–Crippen MR) is 129 cm³/mol. The van der Waals surface area contributed by atoms with Crippen molar-refractivity contribution in [1.82, 2.24) is 30.1 Å². The molecular formula is C24H18ClF4N7O4. The Kier molecular flexibility index (Phi) is 6.99. The monoisotopic (exact) mass is 579 g/mol. The number of nitrogen functional groups attached to an aromatic ring is 1. The van der Waals surface area contributed by atoms with Crippen molar-refractivity contribution < 1.29 is 36.7 Å². The van der Waals surface area contributed by atoms with Gasteiger partial charge in [0.1, 0.15) is 18.2 Å². The second-order valence-corrected chi connectivity index (χ2v) is 9.44. The van der Waals surface area contributed by atoms with Crippen LogP contribution in [0.3, 0.4) is 0 Å². The number of amides is 1. The zero-order valence-corrected chi connectivity index (χ0v) is 21.0. The van der Waals surface area contributed by atoms with E-state index in [0.717, 1.165) is 12.1 Å². The molecule has 1 fully saturated rings. The Labute approximate surface area is 227 Å². The summed E-state index contributed by atoms with van der Waals surface area (Å²) in [7, 11) is 0. The van der Waals surface area contributed by atoms with Gasteiger partial charge in [0, 0.05) is 17.7 Å². The average molecular weight is 580 g/mol. The van der Waals surface area contributed by atoms with Gasteiger partial charge in [0.05, 0.1) is 16.3 Å². The van der Waals surface area contributed by atoms with Gasteiger partial charge in [0.25, 0.3) is 0 Å². The molecule has 208 valence electrons. The highest BCUT2D eigenvalue weighted by Crippen LogP contribution is 2.40. The zero-order chi connectivity index (χ0) is 28.8. The molecule has 0 bridgehead atoms. The number of ketones is 1. The molecular weight excluding hydrogens is 562 g/mol. The number of nitrogens with two attached hydrogens (primary N) is 1. The van der Waals surface area contributed by atoms with Crippen LogP contribution in [0.2, 0.25) is 5.02 Å². The number of tetrazole rings is 1. The fourth-order valence-electron chi connectivity index (χ4n) is 4.89.